The second kappa shape index (κ2) is 6.72. The number of piperidine rings is 1. The van der Waals surface area contributed by atoms with Crippen molar-refractivity contribution in [1.29, 1.82) is 0 Å². The van der Waals surface area contributed by atoms with Crippen LogP contribution in [0, 0.1) is 0 Å². The normalized spacial score (nSPS) is 35.3. The molecule has 2 aliphatic rings. The van der Waals surface area contributed by atoms with Gasteiger partial charge in [0.15, 0.2) is 0 Å². The molecule has 3 atom stereocenters. The lowest BCUT2D eigenvalue weighted by Crippen LogP contribution is -2.52. The highest BCUT2D eigenvalue weighted by atomic mass is 16.3. The molecular formula is C14H28N2O. The minimum atomic E-state index is -0.0678. The van der Waals surface area contributed by atoms with E-state index in [9.17, 15) is 5.11 Å². The average Bonchev–Trinajstić information content (AvgIpc) is 2.76. The Morgan fingerprint density at radius 2 is 2.06 bits per heavy atom. The molecule has 1 aliphatic carbocycles. The summed E-state index contributed by atoms with van der Waals surface area (Å²) in [5.41, 5.74) is 0. The van der Waals surface area contributed by atoms with E-state index in [1.54, 1.807) is 0 Å². The van der Waals surface area contributed by atoms with Crippen molar-refractivity contribution in [3.8, 4) is 0 Å². The van der Waals surface area contributed by atoms with Gasteiger partial charge in [0.1, 0.15) is 0 Å². The number of nitrogens with one attached hydrogen (secondary N) is 1. The fraction of sp³-hybridized carbons (Fsp3) is 1.00. The molecular weight excluding hydrogens is 212 g/mol. The molecule has 0 amide bonds. The predicted molar refractivity (Wildman–Crippen MR) is 71.2 cm³/mol. The molecule has 1 aliphatic heterocycles. The van der Waals surface area contributed by atoms with Crippen molar-refractivity contribution >= 4 is 0 Å². The number of hydrogen-bond donors (Lipinski definition) is 2. The van der Waals surface area contributed by atoms with Crippen LogP contribution in [0.4, 0.5) is 0 Å². The molecule has 0 bridgehead atoms. The third kappa shape index (κ3) is 3.43. The van der Waals surface area contributed by atoms with Gasteiger partial charge in [0, 0.05) is 18.6 Å². The van der Waals surface area contributed by atoms with E-state index < -0.39 is 0 Å². The molecule has 0 radical (unpaired) electrons. The molecule has 3 unspecified atom stereocenters. The highest BCUT2D eigenvalue weighted by molar-refractivity contribution is 4.91. The Labute approximate surface area is 106 Å². The summed E-state index contributed by atoms with van der Waals surface area (Å²) in [4.78, 5) is 2.60. The lowest BCUT2D eigenvalue weighted by molar-refractivity contribution is 0.0251. The van der Waals surface area contributed by atoms with Crippen LogP contribution in [0.5, 0.6) is 0 Å². The first-order valence-corrected chi connectivity index (χ1v) is 7.47. The van der Waals surface area contributed by atoms with Gasteiger partial charge in [-0.15, -0.1) is 0 Å². The van der Waals surface area contributed by atoms with Gasteiger partial charge >= 0.3 is 0 Å². The first-order valence-electron chi connectivity index (χ1n) is 7.47. The van der Waals surface area contributed by atoms with E-state index in [1.165, 1.54) is 45.1 Å². The van der Waals surface area contributed by atoms with Crippen LogP contribution in [-0.4, -0.2) is 47.8 Å². The highest BCUT2D eigenvalue weighted by Gasteiger charge is 2.35. The van der Waals surface area contributed by atoms with Gasteiger partial charge < -0.3 is 10.4 Å². The molecule has 17 heavy (non-hydrogen) atoms. The maximum atomic E-state index is 10.1. The number of hydrogen-bond acceptors (Lipinski definition) is 3. The Kier molecular flexibility index (Phi) is 5.26. The third-order valence-corrected chi connectivity index (χ3v) is 4.35. The molecule has 1 saturated carbocycles. The van der Waals surface area contributed by atoms with Crippen LogP contribution in [0.25, 0.3) is 0 Å². The summed E-state index contributed by atoms with van der Waals surface area (Å²) in [7, 11) is 0. The zero-order valence-electron chi connectivity index (χ0n) is 11.2. The summed E-state index contributed by atoms with van der Waals surface area (Å²) < 4.78 is 0. The molecule has 1 heterocycles. The highest BCUT2D eigenvalue weighted by Crippen LogP contribution is 2.29. The van der Waals surface area contributed by atoms with Crippen molar-refractivity contribution in [2.75, 3.05) is 19.6 Å². The smallest absolute Gasteiger partial charge is 0.0695 e. The summed E-state index contributed by atoms with van der Waals surface area (Å²) in [6, 6.07) is 1.11. The first kappa shape index (κ1) is 13.3. The molecule has 2 rings (SSSR count). The van der Waals surface area contributed by atoms with E-state index in [4.69, 9.17) is 0 Å². The van der Waals surface area contributed by atoms with Gasteiger partial charge in [0.05, 0.1) is 6.10 Å². The fourth-order valence-corrected chi connectivity index (χ4v) is 3.43. The molecule has 2 N–H and O–H groups in total. The lowest BCUT2D eigenvalue weighted by atomic mass is 9.98. The van der Waals surface area contributed by atoms with Gasteiger partial charge in [-0.1, -0.05) is 13.3 Å². The van der Waals surface area contributed by atoms with Crippen molar-refractivity contribution in [3.05, 3.63) is 0 Å². The number of rotatable bonds is 5. The van der Waals surface area contributed by atoms with Gasteiger partial charge in [-0.25, -0.2) is 0 Å². The van der Waals surface area contributed by atoms with Gasteiger partial charge in [0.25, 0.3) is 0 Å². The summed E-state index contributed by atoms with van der Waals surface area (Å²) >= 11 is 0. The maximum absolute atomic E-state index is 10.1. The Bertz CT molecular complexity index is 222. The molecule has 3 nitrogen and oxygen atoms in total. The van der Waals surface area contributed by atoms with Gasteiger partial charge in [-0.3, -0.25) is 4.90 Å². The van der Waals surface area contributed by atoms with Crippen molar-refractivity contribution < 1.29 is 5.11 Å². The van der Waals surface area contributed by atoms with E-state index in [0.717, 1.165) is 19.5 Å². The third-order valence-electron chi connectivity index (χ3n) is 4.35. The van der Waals surface area contributed by atoms with Crippen LogP contribution in [0.1, 0.15) is 51.9 Å². The van der Waals surface area contributed by atoms with E-state index >= 15 is 0 Å². The number of likely N-dealkylation sites (tertiary alicyclic amines) is 1. The second-order valence-corrected chi connectivity index (χ2v) is 5.66. The van der Waals surface area contributed by atoms with E-state index in [2.05, 4.69) is 17.1 Å². The minimum Gasteiger partial charge on any atom is -0.391 e. The second-order valence-electron chi connectivity index (χ2n) is 5.66. The first-order chi connectivity index (χ1) is 8.33. The zero-order chi connectivity index (χ0) is 12.1. The van der Waals surface area contributed by atoms with Crippen LogP contribution in [0.15, 0.2) is 0 Å². The maximum Gasteiger partial charge on any atom is 0.0695 e. The molecule has 0 aromatic rings. The molecule has 0 spiro atoms. The largest absolute Gasteiger partial charge is 0.391 e. The van der Waals surface area contributed by atoms with Gasteiger partial charge in [-0.05, 0) is 51.6 Å². The van der Waals surface area contributed by atoms with Crippen molar-refractivity contribution in [2.45, 2.75) is 70.1 Å². The molecule has 100 valence electrons. The summed E-state index contributed by atoms with van der Waals surface area (Å²) in [5, 5.41) is 13.6. The van der Waals surface area contributed by atoms with Gasteiger partial charge in [0.2, 0.25) is 0 Å². The van der Waals surface area contributed by atoms with Crippen molar-refractivity contribution in [2.24, 2.45) is 0 Å². The summed E-state index contributed by atoms with van der Waals surface area (Å²) in [6.07, 6.45) is 8.53. The zero-order valence-corrected chi connectivity index (χ0v) is 11.2. The monoisotopic (exact) mass is 240 g/mol. The minimum absolute atomic E-state index is 0.0678. The Morgan fingerprint density at radius 1 is 1.18 bits per heavy atom. The number of aliphatic hydroxyl groups excluding tert-OH is 1. The van der Waals surface area contributed by atoms with Crippen LogP contribution in [0.3, 0.4) is 0 Å². The average molecular weight is 240 g/mol. The number of nitrogens with zero attached hydrogens (tertiary/aromatic N) is 1. The molecule has 3 heteroatoms. The van der Waals surface area contributed by atoms with Gasteiger partial charge in [-0.2, -0.15) is 0 Å². The van der Waals surface area contributed by atoms with Crippen molar-refractivity contribution in [1.82, 2.24) is 10.2 Å². The topological polar surface area (TPSA) is 35.5 Å². The van der Waals surface area contributed by atoms with E-state index in [1.807, 2.05) is 0 Å². The SMILES string of the molecule is CCCNCC1CCCCN1C1CCCC1O. The van der Waals surface area contributed by atoms with Crippen LogP contribution in [-0.2, 0) is 0 Å². The standard InChI is InChI=1S/C14H28N2O/c1-2-9-15-11-12-6-3-4-10-16(12)13-7-5-8-14(13)17/h12-15,17H,2-11H2,1H3. The van der Waals surface area contributed by atoms with Crippen molar-refractivity contribution in [3.63, 3.8) is 0 Å². The lowest BCUT2D eigenvalue weighted by Gasteiger charge is -2.41. The molecule has 0 aromatic heterocycles. The fourth-order valence-electron chi connectivity index (χ4n) is 3.43. The van der Waals surface area contributed by atoms with E-state index in [-0.39, 0.29) is 6.10 Å². The Morgan fingerprint density at radius 3 is 2.76 bits per heavy atom. The predicted octanol–water partition coefficient (Wildman–Crippen LogP) is 1.75. The summed E-state index contributed by atoms with van der Waals surface area (Å²) in [5.74, 6) is 0. The number of aliphatic hydroxyl groups is 1. The quantitative estimate of drug-likeness (QED) is 0.719. The Balaban J connectivity index is 1.87. The van der Waals surface area contributed by atoms with Crippen LogP contribution >= 0.6 is 0 Å². The molecule has 1 saturated heterocycles. The Hall–Kier alpha value is -0.120. The summed E-state index contributed by atoms with van der Waals surface area (Å²) in [6.45, 7) is 5.64. The van der Waals surface area contributed by atoms with Crippen LogP contribution < -0.4 is 5.32 Å². The molecule has 2 fully saturated rings. The van der Waals surface area contributed by atoms with Crippen LogP contribution in [0.2, 0.25) is 0 Å². The molecule has 0 aromatic carbocycles. The van der Waals surface area contributed by atoms with E-state index in [0.29, 0.717) is 12.1 Å².